The molecule has 1 atom stereocenters. The summed E-state index contributed by atoms with van der Waals surface area (Å²) in [5, 5.41) is 12.3. The van der Waals surface area contributed by atoms with Crippen LogP contribution in [0.15, 0.2) is 18.2 Å². The fourth-order valence-corrected chi connectivity index (χ4v) is 3.63. The average Bonchev–Trinajstić information content (AvgIpc) is 2.83. The quantitative estimate of drug-likeness (QED) is 0.893. The fraction of sp³-hybridized carbons (Fsp3) is 0.562. The van der Waals surface area contributed by atoms with Gasteiger partial charge in [0.15, 0.2) is 0 Å². The number of carbonyl (C=O) groups is 1. The molecule has 1 saturated heterocycles. The number of fused-ring (bicyclic) bond motifs is 1. The van der Waals surface area contributed by atoms with Crippen LogP contribution < -0.4 is 10.2 Å². The van der Waals surface area contributed by atoms with Gasteiger partial charge in [0.2, 0.25) is 0 Å². The van der Waals surface area contributed by atoms with Gasteiger partial charge in [-0.2, -0.15) is 0 Å². The monoisotopic (exact) mass is 292 g/mol. The van der Waals surface area contributed by atoms with Crippen molar-refractivity contribution in [2.45, 2.75) is 44.2 Å². The van der Waals surface area contributed by atoms with E-state index in [4.69, 9.17) is 5.11 Å². The summed E-state index contributed by atoms with van der Waals surface area (Å²) in [6.45, 7) is 1.98. The molecule has 0 amide bonds. The maximum atomic E-state index is 13.4. The molecule has 0 aliphatic carbocycles. The molecule has 2 N–H and O–H groups in total. The predicted octanol–water partition coefficient (Wildman–Crippen LogP) is 2.17. The number of aliphatic carboxylic acids is 1. The molecule has 0 bridgehead atoms. The smallest absolute Gasteiger partial charge is 0.303 e. The molecule has 1 fully saturated rings. The van der Waals surface area contributed by atoms with E-state index < -0.39 is 5.97 Å². The Morgan fingerprint density at radius 1 is 1.38 bits per heavy atom. The SMILES string of the molecule is O=C(O)CCC1Cc2cc(F)ccc2N1C1CCNCC1. The molecule has 4 nitrogen and oxygen atoms in total. The van der Waals surface area contributed by atoms with Crippen LogP contribution in [-0.4, -0.2) is 36.2 Å². The van der Waals surface area contributed by atoms with Crippen LogP contribution in [0.3, 0.4) is 0 Å². The second-order valence-electron chi connectivity index (χ2n) is 5.95. The van der Waals surface area contributed by atoms with Crippen molar-refractivity contribution in [1.29, 1.82) is 0 Å². The number of nitrogens with zero attached hydrogens (tertiary/aromatic N) is 1. The highest BCUT2D eigenvalue weighted by molar-refractivity contribution is 5.67. The van der Waals surface area contributed by atoms with Crippen LogP contribution in [0.1, 0.15) is 31.2 Å². The second-order valence-corrected chi connectivity index (χ2v) is 5.95. The molecule has 0 radical (unpaired) electrons. The van der Waals surface area contributed by atoms with Gasteiger partial charge in [-0.15, -0.1) is 0 Å². The van der Waals surface area contributed by atoms with E-state index in [2.05, 4.69) is 10.2 Å². The molecule has 2 aliphatic rings. The molecule has 1 aromatic carbocycles. The molecule has 3 rings (SSSR count). The molecule has 114 valence electrons. The number of hydrogen-bond acceptors (Lipinski definition) is 3. The maximum absolute atomic E-state index is 13.4. The molecule has 21 heavy (non-hydrogen) atoms. The zero-order valence-electron chi connectivity index (χ0n) is 12.0. The fourth-order valence-electron chi connectivity index (χ4n) is 3.63. The standard InChI is InChI=1S/C16H21FN2O2/c17-12-1-3-15-11(9-12)10-14(2-4-16(20)21)19(15)13-5-7-18-8-6-13/h1,3,9,13-14,18H,2,4-8,10H2,(H,20,21). The summed E-state index contributed by atoms with van der Waals surface area (Å²) < 4.78 is 13.4. The number of carboxylic acid groups (broad SMARTS) is 1. The van der Waals surface area contributed by atoms with Crippen molar-refractivity contribution in [3.05, 3.63) is 29.6 Å². The zero-order valence-corrected chi connectivity index (χ0v) is 12.0. The van der Waals surface area contributed by atoms with Gasteiger partial charge in [0.05, 0.1) is 0 Å². The summed E-state index contributed by atoms with van der Waals surface area (Å²) in [6.07, 6.45) is 3.66. The van der Waals surface area contributed by atoms with E-state index in [1.807, 2.05) is 6.07 Å². The van der Waals surface area contributed by atoms with Crippen molar-refractivity contribution in [3.63, 3.8) is 0 Å². The minimum atomic E-state index is -0.762. The molecule has 5 heteroatoms. The van der Waals surface area contributed by atoms with E-state index in [1.165, 1.54) is 6.07 Å². The molecule has 2 heterocycles. The summed E-state index contributed by atoms with van der Waals surface area (Å²) in [5.41, 5.74) is 2.11. The molecule has 2 aliphatic heterocycles. The maximum Gasteiger partial charge on any atom is 0.303 e. The lowest BCUT2D eigenvalue weighted by Crippen LogP contribution is -2.46. The summed E-state index contributed by atoms with van der Waals surface area (Å²) >= 11 is 0. The third kappa shape index (κ3) is 3.02. The Bertz CT molecular complexity index is 529. The Morgan fingerprint density at radius 3 is 2.86 bits per heavy atom. The van der Waals surface area contributed by atoms with E-state index >= 15 is 0 Å². The van der Waals surface area contributed by atoms with Crippen molar-refractivity contribution in [3.8, 4) is 0 Å². The molecule has 0 saturated carbocycles. The van der Waals surface area contributed by atoms with Gasteiger partial charge in [0.1, 0.15) is 5.82 Å². The second kappa shape index (κ2) is 6.02. The first kappa shape index (κ1) is 14.3. The molecular formula is C16H21FN2O2. The molecular weight excluding hydrogens is 271 g/mol. The number of rotatable bonds is 4. The van der Waals surface area contributed by atoms with Gasteiger partial charge < -0.3 is 15.3 Å². The minimum absolute atomic E-state index is 0.169. The lowest BCUT2D eigenvalue weighted by atomic mass is 10.0. The topological polar surface area (TPSA) is 52.6 Å². The van der Waals surface area contributed by atoms with E-state index in [-0.39, 0.29) is 18.3 Å². The van der Waals surface area contributed by atoms with Gasteiger partial charge >= 0.3 is 5.97 Å². The van der Waals surface area contributed by atoms with Crippen LogP contribution in [0, 0.1) is 5.82 Å². The van der Waals surface area contributed by atoms with Crippen LogP contribution in [0.5, 0.6) is 0 Å². The first-order valence-electron chi connectivity index (χ1n) is 7.64. The number of anilines is 1. The number of benzene rings is 1. The number of carboxylic acids is 1. The molecule has 0 spiro atoms. The highest BCUT2D eigenvalue weighted by Crippen LogP contribution is 2.37. The Hall–Kier alpha value is -1.62. The Labute approximate surface area is 124 Å². The van der Waals surface area contributed by atoms with Gasteiger partial charge in [-0.25, -0.2) is 4.39 Å². The summed E-state index contributed by atoms with van der Waals surface area (Å²) in [4.78, 5) is 13.2. The van der Waals surface area contributed by atoms with Crippen LogP contribution in [0.2, 0.25) is 0 Å². The van der Waals surface area contributed by atoms with Gasteiger partial charge in [-0.1, -0.05) is 0 Å². The van der Waals surface area contributed by atoms with Crippen molar-refractivity contribution in [1.82, 2.24) is 5.32 Å². The summed E-state index contributed by atoms with van der Waals surface area (Å²) in [5.74, 6) is -0.972. The zero-order chi connectivity index (χ0) is 14.8. The summed E-state index contributed by atoms with van der Waals surface area (Å²) in [7, 11) is 0. The van der Waals surface area contributed by atoms with Crippen molar-refractivity contribution in [2.75, 3.05) is 18.0 Å². The predicted molar refractivity (Wildman–Crippen MR) is 79.1 cm³/mol. The van der Waals surface area contributed by atoms with E-state index in [0.29, 0.717) is 12.5 Å². The Morgan fingerprint density at radius 2 is 2.14 bits per heavy atom. The Kier molecular flexibility index (Phi) is 4.10. The molecule has 1 aromatic rings. The van der Waals surface area contributed by atoms with Gasteiger partial charge in [-0.05, 0) is 62.5 Å². The van der Waals surface area contributed by atoms with Crippen LogP contribution >= 0.6 is 0 Å². The van der Waals surface area contributed by atoms with Crippen LogP contribution in [-0.2, 0) is 11.2 Å². The van der Waals surface area contributed by atoms with E-state index in [0.717, 1.165) is 43.6 Å². The highest BCUT2D eigenvalue weighted by Gasteiger charge is 2.34. The average molecular weight is 292 g/mol. The van der Waals surface area contributed by atoms with E-state index in [9.17, 15) is 9.18 Å². The van der Waals surface area contributed by atoms with E-state index in [1.54, 1.807) is 6.07 Å². The molecule has 1 unspecified atom stereocenters. The molecule has 0 aromatic heterocycles. The lowest BCUT2D eigenvalue weighted by molar-refractivity contribution is -0.137. The third-order valence-corrected chi connectivity index (χ3v) is 4.56. The summed E-state index contributed by atoms with van der Waals surface area (Å²) in [6, 6.07) is 5.57. The number of halogens is 1. The van der Waals surface area contributed by atoms with Gasteiger partial charge in [-0.3, -0.25) is 4.79 Å². The normalized spacial score (nSPS) is 22.3. The van der Waals surface area contributed by atoms with Crippen molar-refractivity contribution < 1.29 is 14.3 Å². The number of nitrogens with one attached hydrogen (secondary N) is 1. The lowest BCUT2D eigenvalue weighted by Gasteiger charge is -2.38. The van der Waals surface area contributed by atoms with Gasteiger partial charge in [0.25, 0.3) is 0 Å². The largest absolute Gasteiger partial charge is 0.481 e. The van der Waals surface area contributed by atoms with Crippen molar-refractivity contribution in [2.24, 2.45) is 0 Å². The van der Waals surface area contributed by atoms with Gasteiger partial charge in [0, 0.05) is 24.2 Å². The highest BCUT2D eigenvalue weighted by atomic mass is 19.1. The van der Waals surface area contributed by atoms with Crippen molar-refractivity contribution >= 4 is 11.7 Å². The van der Waals surface area contributed by atoms with Crippen LogP contribution in [0.25, 0.3) is 0 Å². The number of hydrogen-bond donors (Lipinski definition) is 2. The first-order chi connectivity index (χ1) is 10.1. The van der Waals surface area contributed by atoms with Crippen LogP contribution in [0.4, 0.5) is 10.1 Å². The first-order valence-corrected chi connectivity index (χ1v) is 7.64. The minimum Gasteiger partial charge on any atom is -0.481 e. The Balaban J connectivity index is 1.84. The third-order valence-electron chi connectivity index (χ3n) is 4.56. The number of piperidine rings is 1.